The Labute approximate surface area is 162 Å². The Hall–Kier alpha value is -1.76. The van der Waals surface area contributed by atoms with Crippen molar-refractivity contribution in [3.8, 4) is 11.5 Å². The first-order chi connectivity index (χ1) is 12.5. The molecule has 0 amide bonds. The maximum absolute atomic E-state index is 11.5. The van der Waals surface area contributed by atoms with Gasteiger partial charge >= 0.3 is 5.97 Å². The normalized spacial score (nSPS) is 19.1. The van der Waals surface area contributed by atoms with Crippen LogP contribution in [0.3, 0.4) is 0 Å². The Morgan fingerprint density at radius 2 is 2.12 bits per heavy atom. The van der Waals surface area contributed by atoms with Crippen molar-refractivity contribution in [2.75, 3.05) is 27.3 Å². The largest absolute Gasteiger partial charge is 0.493 e. The van der Waals surface area contributed by atoms with Gasteiger partial charge in [-0.3, -0.25) is 9.69 Å². The van der Waals surface area contributed by atoms with Crippen LogP contribution < -0.4 is 9.47 Å². The number of benzene rings is 1. The maximum Gasteiger partial charge on any atom is 0.307 e. The van der Waals surface area contributed by atoms with Crippen LogP contribution in [0.15, 0.2) is 30.3 Å². The summed E-state index contributed by atoms with van der Waals surface area (Å²) >= 11 is 7.70. The predicted octanol–water partition coefficient (Wildman–Crippen LogP) is 4.30. The topological polar surface area (TPSA) is 59.0 Å². The summed E-state index contributed by atoms with van der Waals surface area (Å²) in [5.41, 5.74) is 0.955. The van der Waals surface area contributed by atoms with Gasteiger partial charge in [-0.15, -0.1) is 11.3 Å². The lowest BCUT2D eigenvalue weighted by Gasteiger charge is -2.37. The van der Waals surface area contributed by atoms with Crippen molar-refractivity contribution in [1.29, 1.82) is 0 Å². The Kier molecular flexibility index (Phi) is 6.06. The van der Waals surface area contributed by atoms with E-state index in [1.807, 2.05) is 30.3 Å². The number of carbonyl (C=O) groups is 1. The molecule has 1 saturated heterocycles. The van der Waals surface area contributed by atoms with Crippen molar-refractivity contribution in [2.45, 2.75) is 18.9 Å². The molecule has 2 unspecified atom stereocenters. The van der Waals surface area contributed by atoms with Crippen LogP contribution in [-0.2, 0) is 4.79 Å². The molecule has 1 aliphatic heterocycles. The van der Waals surface area contributed by atoms with Crippen LogP contribution in [0, 0.1) is 5.92 Å². The molecule has 0 aliphatic carbocycles. The lowest BCUT2D eigenvalue weighted by Crippen LogP contribution is -2.41. The molecule has 2 aromatic rings. The average molecular weight is 396 g/mol. The zero-order valence-corrected chi connectivity index (χ0v) is 16.3. The summed E-state index contributed by atoms with van der Waals surface area (Å²) < 4.78 is 11.8. The molecule has 5 nitrogen and oxygen atoms in total. The number of methoxy groups -OCH3 is 2. The van der Waals surface area contributed by atoms with E-state index < -0.39 is 5.97 Å². The van der Waals surface area contributed by atoms with Crippen molar-refractivity contribution in [3.05, 3.63) is 45.1 Å². The molecule has 3 rings (SSSR count). The number of thiophene rings is 1. The Bertz CT molecular complexity index is 779. The molecule has 7 heteroatoms. The molecule has 1 N–H and O–H groups in total. The van der Waals surface area contributed by atoms with Gasteiger partial charge in [0.25, 0.3) is 0 Å². The van der Waals surface area contributed by atoms with E-state index >= 15 is 0 Å². The van der Waals surface area contributed by atoms with Gasteiger partial charge in [0.15, 0.2) is 11.5 Å². The Balaban J connectivity index is 2.06. The number of para-hydroxylation sites is 1. The Morgan fingerprint density at radius 3 is 2.73 bits per heavy atom. The fourth-order valence-corrected chi connectivity index (χ4v) is 4.79. The lowest BCUT2D eigenvalue weighted by molar-refractivity contribution is -0.143. The van der Waals surface area contributed by atoms with Crippen LogP contribution in [0.4, 0.5) is 0 Å². The second-order valence-electron chi connectivity index (χ2n) is 6.30. The van der Waals surface area contributed by atoms with Gasteiger partial charge in [-0.2, -0.15) is 0 Å². The first-order valence-corrected chi connectivity index (χ1v) is 9.67. The minimum Gasteiger partial charge on any atom is -0.493 e. The van der Waals surface area contributed by atoms with E-state index in [0.29, 0.717) is 28.8 Å². The van der Waals surface area contributed by atoms with E-state index in [4.69, 9.17) is 21.1 Å². The first kappa shape index (κ1) is 19.0. The molecule has 1 aromatic heterocycles. The molecule has 1 aliphatic rings. The number of halogens is 1. The highest BCUT2D eigenvalue weighted by atomic mass is 35.5. The van der Waals surface area contributed by atoms with Gasteiger partial charge in [-0.05, 0) is 37.6 Å². The molecule has 0 bridgehead atoms. The smallest absolute Gasteiger partial charge is 0.307 e. The number of likely N-dealkylation sites (tertiary alicyclic amines) is 1. The van der Waals surface area contributed by atoms with Crippen molar-refractivity contribution in [2.24, 2.45) is 5.92 Å². The van der Waals surface area contributed by atoms with Crippen LogP contribution in [0.5, 0.6) is 11.5 Å². The van der Waals surface area contributed by atoms with Gasteiger partial charge < -0.3 is 14.6 Å². The number of hydrogen-bond donors (Lipinski definition) is 1. The number of carboxylic acid groups (broad SMARTS) is 1. The van der Waals surface area contributed by atoms with E-state index in [1.165, 1.54) is 11.3 Å². The van der Waals surface area contributed by atoms with Crippen LogP contribution in [-0.4, -0.2) is 43.3 Å². The average Bonchev–Trinajstić information content (AvgIpc) is 3.07. The van der Waals surface area contributed by atoms with E-state index in [-0.39, 0.29) is 12.0 Å². The van der Waals surface area contributed by atoms with Gasteiger partial charge in [-0.25, -0.2) is 0 Å². The monoisotopic (exact) mass is 395 g/mol. The van der Waals surface area contributed by atoms with Crippen LogP contribution >= 0.6 is 22.9 Å². The molecule has 0 spiro atoms. The van der Waals surface area contributed by atoms with Crippen molar-refractivity contribution >= 4 is 28.9 Å². The summed E-state index contributed by atoms with van der Waals surface area (Å²) in [7, 11) is 3.23. The fraction of sp³-hybridized carbons (Fsp3) is 0.421. The summed E-state index contributed by atoms with van der Waals surface area (Å²) in [5.74, 6) is 0.222. The van der Waals surface area contributed by atoms with Crippen LogP contribution in [0.2, 0.25) is 4.34 Å². The SMILES string of the molecule is COc1cccc(C(c2ccc(Cl)s2)N2CCCC(C(=O)O)C2)c1OC. The van der Waals surface area contributed by atoms with Gasteiger partial charge in [-0.1, -0.05) is 23.7 Å². The number of nitrogens with zero attached hydrogens (tertiary/aromatic N) is 1. The molecular formula is C19H22ClNO4S. The summed E-state index contributed by atoms with van der Waals surface area (Å²) in [6, 6.07) is 9.54. The third kappa shape index (κ3) is 3.82. The molecule has 2 heterocycles. The number of aliphatic carboxylic acids is 1. The molecule has 1 aromatic carbocycles. The zero-order valence-electron chi connectivity index (χ0n) is 14.8. The zero-order chi connectivity index (χ0) is 18.7. The number of rotatable bonds is 6. The van der Waals surface area contributed by atoms with Crippen molar-refractivity contribution in [1.82, 2.24) is 4.90 Å². The third-order valence-electron chi connectivity index (χ3n) is 4.76. The minimum absolute atomic E-state index is 0.125. The predicted molar refractivity (Wildman–Crippen MR) is 103 cm³/mol. The summed E-state index contributed by atoms with van der Waals surface area (Å²) in [6.07, 6.45) is 1.55. The lowest BCUT2D eigenvalue weighted by atomic mass is 9.93. The highest BCUT2D eigenvalue weighted by molar-refractivity contribution is 7.16. The summed E-state index contributed by atoms with van der Waals surface area (Å²) in [5, 5.41) is 9.48. The molecule has 0 saturated carbocycles. The van der Waals surface area contributed by atoms with E-state index in [0.717, 1.165) is 23.4 Å². The number of hydrogen-bond acceptors (Lipinski definition) is 5. The highest BCUT2D eigenvalue weighted by Crippen LogP contribution is 2.43. The number of ether oxygens (including phenoxy) is 2. The van der Waals surface area contributed by atoms with Gasteiger partial charge in [0.1, 0.15) is 0 Å². The highest BCUT2D eigenvalue weighted by Gasteiger charge is 2.34. The van der Waals surface area contributed by atoms with Gasteiger partial charge in [0, 0.05) is 17.0 Å². The maximum atomic E-state index is 11.5. The standard InChI is InChI=1S/C19H22ClNO4S/c1-24-14-7-3-6-13(18(14)25-2)17(15-8-9-16(20)26-15)21-10-4-5-12(11-21)19(22)23/h3,6-9,12,17H,4-5,10-11H2,1-2H3,(H,22,23). The molecule has 0 radical (unpaired) electrons. The minimum atomic E-state index is -0.740. The molecular weight excluding hydrogens is 374 g/mol. The second kappa shape index (κ2) is 8.29. The molecule has 140 valence electrons. The Morgan fingerprint density at radius 1 is 1.31 bits per heavy atom. The summed E-state index contributed by atoms with van der Waals surface area (Å²) in [6.45, 7) is 1.32. The quantitative estimate of drug-likeness (QED) is 0.789. The molecule has 1 fully saturated rings. The van der Waals surface area contributed by atoms with E-state index in [2.05, 4.69) is 4.90 Å². The van der Waals surface area contributed by atoms with Crippen molar-refractivity contribution < 1.29 is 19.4 Å². The number of carboxylic acids is 1. The number of piperidine rings is 1. The second-order valence-corrected chi connectivity index (χ2v) is 8.05. The van der Waals surface area contributed by atoms with Crippen LogP contribution in [0.25, 0.3) is 0 Å². The molecule has 2 atom stereocenters. The van der Waals surface area contributed by atoms with E-state index in [1.54, 1.807) is 14.2 Å². The van der Waals surface area contributed by atoms with Crippen LogP contribution in [0.1, 0.15) is 29.3 Å². The summed E-state index contributed by atoms with van der Waals surface area (Å²) in [4.78, 5) is 14.8. The molecule has 26 heavy (non-hydrogen) atoms. The fourth-order valence-electron chi connectivity index (χ4n) is 3.57. The van der Waals surface area contributed by atoms with Gasteiger partial charge in [0.05, 0.1) is 30.5 Å². The third-order valence-corrected chi connectivity index (χ3v) is 6.04. The van der Waals surface area contributed by atoms with E-state index in [9.17, 15) is 9.90 Å². The first-order valence-electron chi connectivity index (χ1n) is 8.48. The van der Waals surface area contributed by atoms with Gasteiger partial charge in [0.2, 0.25) is 0 Å². The van der Waals surface area contributed by atoms with Crippen molar-refractivity contribution in [3.63, 3.8) is 0 Å².